The molecule has 6 nitrogen and oxygen atoms in total. The highest BCUT2D eigenvalue weighted by atomic mass is 127. The fraction of sp³-hybridized carbons (Fsp3) is 0.385. The normalized spacial score (nSPS) is 15.4. The van der Waals surface area contributed by atoms with E-state index in [4.69, 9.17) is 9.73 Å². The first-order valence-corrected chi connectivity index (χ1v) is 11.5. The number of aliphatic imine (C=N–C) groups is 1. The van der Waals surface area contributed by atoms with Crippen molar-refractivity contribution in [2.45, 2.75) is 31.7 Å². The van der Waals surface area contributed by atoms with Crippen LogP contribution in [-0.4, -0.2) is 54.2 Å². The summed E-state index contributed by atoms with van der Waals surface area (Å²) in [6.07, 6.45) is 3.51. The van der Waals surface area contributed by atoms with E-state index >= 15 is 0 Å². The standard InChI is InChI=1S/C26H32FN5O.HI/c1-3-28-25(32(2)18-24-29-17-23(31-24)20-8-5-4-6-9-20)30-19-26(12-14-33-15-13-26)21-10-7-11-22(27)16-21;/h4-11,16-17H,3,12-15,18-19H2,1-2H3,(H,28,30)(H,29,31);1H. The molecule has 1 aliphatic rings. The summed E-state index contributed by atoms with van der Waals surface area (Å²) in [5, 5.41) is 3.39. The van der Waals surface area contributed by atoms with Crippen LogP contribution in [0, 0.1) is 5.82 Å². The molecule has 3 aromatic rings. The predicted octanol–water partition coefficient (Wildman–Crippen LogP) is 4.98. The zero-order valence-corrected chi connectivity index (χ0v) is 22.1. The van der Waals surface area contributed by atoms with Crippen molar-refractivity contribution in [3.63, 3.8) is 0 Å². The van der Waals surface area contributed by atoms with Gasteiger partial charge in [-0.3, -0.25) is 4.99 Å². The number of hydrogen-bond donors (Lipinski definition) is 2. The number of H-pyrrole nitrogens is 1. The average Bonchev–Trinajstić information content (AvgIpc) is 3.31. The zero-order chi connectivity index (χ0) is 23.1. The van der Waals surface area contributed by atoms with Crippen molar-refractivity contribution in [2.24, 2.45) is 4.99 Å². The van der Waals surface area contributed by atoms with Crippen LogP contribution in [0.2, 0.25) is 0 Å². The second-order valence-electron chi connectivity index (χ2n) is 8.54. The molecule has 1 aliphatic heterocycles. The number of hydrogen-bond acceptors (Lipinski definition) is 3. The Balaban J connectivity index is 0.00000324. The third kappa shape index (κ3) is 6.35. The summed E-state index contributed by atoms with van der Waals surface area (Å²) < 4.78 is 19.6. The van der Waals surface area contributed by atoms with Gasteiger partial charge < -0.3 is 19.9 Å². The van der Waals surface area contributed by atoms with Gasteiger partial charge in [-0.2, -0.15) is 0 Å². The first kappa shape index (κ1) is 26.2. The van der Waals surface area contributed by atoms with E-state index in [1.54, 1.807) is 12.1 Å². The molecule has 1 saturated heterocycles. The number of imidazole rings is 1. The molecule has 0 radical (unpaired) electrons. The number of ether oxygens (including phenoxy) is 1. The largest absolute Gasteiger partial charge is 0.381 e. The van der Waals surface area contributed by atoms with Crippen molar-refractivity contribution < 1.29 is 9.13 Å². The van der Waals surface area contributed by atoms with Gasteiger partial charge in [-0.1, -0.05) is 42.5 Å². The molecule has 0 bridgehead atoms. The highest BCUT2D eigenvalue weighted by molar-refractivity contribution is 14.0. The number of benzene rings is 2. The summed E-state index contributed by atoms with van der Waals surface area (Å²) in [5.74, 6) is 1.46. The lowest BCUT2D eigenvalue weighted by molar-refractivity contribution is 0.0529. The number of nitrogens with one attached hydrogen (secondary N) is 2. The van der Waals surface area contributed by atoms with E-state index in [1.807, 2.05) is 37.5 Å². The van der Waals surface area contributed by atoms with Crippen molar-refractivity contribution in [1.82, 2.24) is 20.2 Å². The summed E-state index contributed by atoms with van der Waals surface area (Å²) in [6, 6.07) is 17.1. The number of nitrogens with zero attached hydrogens (tertiary/aromatic N) is 3. The molecule has 182 valence electrons. The van der Waals surface area contributed by atoms with Crippen LogP contribution in [0.1, 0.15) is 31.2 Å². The lowest BCUT2D eigenvalue weighted by Crippen LogP contribution is -2.42. The Morgan fingerprint density at radius 2 is 1.94 bits per heavy atom. The number of aromatic nitrogens is 2. The van der Waals surface area contributed by atoms with Gasteiger partial charge in [-0.25, -0.2) is 9.37 Å². The molecule has 8 heteroatoms. The van der Waals surface area contributed by atoms with E-state index in [0.29, 0.717) is 26.3 Å². The van der Waals surface area contributed by atoms with Crippen LogP contribution in [-0.2, 0) is 16.7 Å². The molecule has 0 spiro atoms. The van der Waals surface area contributed by atoms with Crippen molar-refractivity contribution in [1.29, 1.82) is 0 Å². The summed E-state index contributed by atoms with van der Waals surface area (Å²) >= 11 is 0. The summed E-state index contributed by atoms with van der Waals surface area (Å²) in [6.45, 7) is 5.29. The van der Waals surface area contributed by atoms with Crippen LogP contribution >= 0.6 is 24.0 Å². The second-order valence-corrected chi connectivity index (χ2v) is 8.54. The number of aromatic amines is 1. The Kier molecular flexibility index (Phi) is 9.46. The van der Waals surface area contributed by atoms with Gasteiger partial charge in [-0.15, -0.1) is 24.0 Å². The fourth-order valence-corrected chi connectivity index (χ4v) is 4.32. The fourth-order valence-electron chi connectivity index (χ4n) is 4.32. The van der Waals surface area contributed by atoms with E-state index < -0.39 is 0 Å². The van der Waals surface area contributed by atoms with Gasteiger partial charge in [0.15, 0.2) is 5.96 Å². The molecule has 1 fully saturated rings. The maximum Gasteiger partial charge on any atom is 0.194 e. The topological polar surface area (TPSA) is 65.5 Å². The monoisotopic (exact) mass is 577 g/mol. The van der Waals surface area contributed by atoms with Crippen LogP contribution in [0.5, 0.6) is 0 Å². The smallest absolute Gasteiger partial charge is 0.194 e. The molecule has 0 amide bonds. The van der Waals surface area contributed by atoms with Crippen molar-refractivity contribution in [2.75, 3.05) is 33.4 Å². The van der Waals surface area contributed by atoms with E-state index in [-0.39, 0.29) is 35.2 Å². The predicted molar refractivity (Wildman–Crippen MR) is 145 cm³/mol. The third-order valence-corrected chi connectivity index (χ3v) is 6.22. The van der Waals surface area contributed by atoms with E-state index in [1.165, 1.54) is 6.07 Å². The molecule has 0 unspecified atom stereocenters. The first-order valence-electron chi connectivity index (χ1n) is 11.5. The van der Waals surface area contributed by atoms with Gasteiger partial charge in [0.1, 0.15) is 11.6 Å². The number of guanidine groups is 1. The minimum atomic E-state index is -0.229. The molecule has 4 rings (SSSR count). The third-order valence-electron chi connectivity index (χ3n) is 6.22. The van der Waals surface area contributed by atoms with Crippen molar-refractivity contribution in [3.8, 4) is 11.3 Å². The summed E-state index contributed by atoms with van der Waals surface area (Å²) in [4.78, 5) is 15.0. The molecule has 2 aromatic carbocycles. The summed E-state index contributed by atoms with van der Waals surface area (Å²) in [7, 11) is 2.01. The highest BCUT2D eigenvalue weighted by Crippen LogP contribution is 2.35. The maximum atomic E-state index is 14.0. The van der Waals surface area contributed by atoms with Crippen LogP contribution < -0.4 is 5.32 Å². The minimum absolute atomic E-state index is 0. The number of rotatable bonds is 7. The number of halogens is 2. The Labute approximate surface area is 218 Å². The second kappa shape index (κ2) is 12.3. The van der Waals surface area contributed by atoms with E-state index in [2.05, 4.69) is 39.2 Å². The molecular weight excluding hydrogens is 544 g/mol. The van der Waals surface area contributed by atoms with Crippen molar-refractivity contribution >= 4 is 29.9 Å². The van der Waals surface area contributed by atoms with E-state index in [0.717, 1.165) is 48.0 Å². The highest BCUT2D eigenvalue weighted by Gasteiger charge is 2.35. The molecule has 0 saturated carbocycles. The quantitative estimate of drug-likeness (QED) is 0.236. The Morgan fingerprint density at radius 1 is 1.18 bits per heavy atom. The average molecular weight is 577 g/mol. The maximum absolute atomic E-state index is 14.0. The van der Waals surface area contributed by atoms with Gasteiger partial charge in [0.25, 0.3) is 0 Å². The SMILES string of the molecule is CCNC(=NCC1(c2cccc(F)c2)CCOCC1)N(C)Cc1ncc(-c2ccccc2)[nH]1.I. The van der Waals surface area contributed by atoms with Crippen LogP contribution in [0.25, 0.3) is 11.3 Å². The lowest BCUT2D eigenvalue weighted by atomic mass is 9.74. The van der Waals surface area contributed by atoms with E-state index in [9.17, 15) is 4.39 Å². The van der Waals surface area contributed by atoms with Crippen LogP contribution in [0.4, 0.5) is 4.39 Å². The van der Waals surface area contributed by atoms with Gasteiger partial charge in [-0.05, 0) is 43.0 Å². The lowest BCUT2D eigenvalue weighted by Gasteiger charge is -2.37. The molecule has 0 atom stereocenters. The Bertz CT molecular complexity index is 1070. The Morgan fingerprint density at radius 3 is 2.65 bits per heavy atom. The Hall–Kier alpha value is -2.46. The molecule has 34 heavy (non-hydrogen) atoms. The van der Waals surface area contributed by atoms with Crippen LogP contribution in [0.3, 0.4) is 0 Å². The zero-order valence-electron chi connectivity index (χ0n) is 19.8. The summed E-state index contributed by atoms with van der Waals surface area (Å²) in [5.41, 5.74) is 2.86. The van der Waals surface area contributed by atoms with Crippen molar-refractivity contribution in [3.05, 3.63) is 78.0 Å². The molecule has 2 heterocycles. The molecule has 0 aliphatic carbocycles. The van der Waals surface area contributed by atoms with Gasteiger partial charge >= 0.3 is 0 Å². The van der Waals surface area contributed by atoms with Crippen LogP contribution in [0.15, 0.2) is 65.8 Å². The first-order chi connectivity index (χ1) is 16.1. The van der Waals surface area contributed by atoms with Gasteiger partial charge in [0.2, 0.25) is 0 Å². The minimum Gasteiger partial charge on any atom is -0.381 e. The molecular formula is C26H33FIN5O. The molecule has 1 aromatic heterocycles. The molecule has 2 N–H and O–H groups in total. The van der Waals surface area contributed by atoms with Gasteiger partial charge in [0.05, 0.1) is 25.0 Å². The van der Waals surface area contributed by atoms with Gasteiger partial charge in [0, 0.05) is 32.2 Å².